The highest BCUT2D eigenvalue weighted by Crippen LogP contribution is 2.31. The molecule has 0 saturated carbocycles. The van der Waals surface area contributed by atoms with E-state index in [1.165, 1.54) is 18.4 Å². The Morgan fingerprint density at radius 1 is 1.29 bits per heavy atom. The number of methoxy groups -OCH3 is 1. The molecular formula is C17H14ClN3O2S. The Hall–Kier alpha value is -2.44. The smallest absolute Gasteiger partial charge is 0.275 e. The Labute approximate surface area is 148 Å². The number of carbonyl (C=O) groups is 1. The van der Waals surface area contributed by atoms with Gasteiger partial charge < -0.3 is 10.1 Å². The number of nitrogens with zero attached hydrogens (tertiary/aromatic N) is 2. The predicted molar refractivity (Wildman–Crippen MR) is 96.0 cm³/mol. The molecule has 3 rings (SSSR count). The lowest BCUT2D eigenvalue weighted by molar-refractivity contribution is 0.102. The summed E-state index contributed by atoms with van der Waals surface area (Å²) < 4.78 is 5.27. The molecule has 1 amide bonds. The summed E-state index contributed by atoms with van der Waals surface area (Å²) >= 11 is 7.49. The summed E-state index contributed by atoms with van der Waals surface area (Å²) in [5, 5.41) is 5.89. The molecule has 122 valence electrons. The summed E-state index contributed by atoms with van der Waals surface area (Å²) in [4.78, 5) is 20.8. The molecule has 2 heterocycles. The molecule has 0 saturated heterocycles. The van der Waals surface area contributed by atoms with Crippen molar-refractivity contribution in [2.45, 2.75) is 6.92 Å². The molecule has 0 aliphatic carbocycles. The van der Waals surface area contributed by atoms with Crippen LogP contribution >= 0.6 is 22.9 Å². The summed E-state index contributed by atoms with van der Waals surface area (Å²) in [7, 11) is 1.53. The quantitative estimate of drug-likeness (QED) is 0.748. The molecule has 0 aliphatic heterocycles. The van der Waals surface area contributed by atoms with Gasteiger partial charge in [-0.15, -0.1) is 11.3 Å². The molecule has 3 aromatic rings. The van der Waals surface area contributed by atoms with Crippen molar-refractivity contribution in [3.8, 4) is 16.3 Å². The number of aryl methyl sites for hydroxylation is 1. The van der Waals surface area contributed by atoms with Crippen LogP contribution in [0.4, 0.5) is 5.69 Å². The van der Waals surface area contributed by atoms with Gasteiger partial charge in [0.05, 0.1) is 12.8 Å². The van der Waals surface area contributed by atoms with Crippen LogP contribution in [0.15, 0.2) is 42.0 Å². The van der Waals surface area contributed by atoms with Crippen molar-refractivity contribution < 1.29 is 9.53 Å². The van der Waals surface area contributed by atoms with Crippen molar-refractivity contribution in [3.63, 3.8) is 0 Å². The number of rotatable bonds is 4. The molecular weight excluding hydrogens is 346 g/mol. The summed E-state index contributed by atoms with van der Waals surface area (Å²) in [5.74, 6) is 0.204. The number of pyridine rings is 1. The molecule has 0 bridgehead atoms. The van der Waals surface area contributed by atoms with Gasteiger partial charge in [-0.1, -0.05) is 11.6 Å². The lowest BCUT2D eigenvalue weighted by atomic mass is 10.2. The lowest BCUT2D eigenvalue weighted by Crippen LogP contribution is -2.13. The first-order valence-electron chi connectivity index (χ1n) is 7.10. The highest BCUT2D eigenvalue weighted by Gasteiger charge is 2.15. The fourth-order valence-electron chi connectivity index (χ4n) is 2.12. The fourth-order valence-corrected chi connectivity index (χ4v) is 3.08. The largest absolute Gasteiger partial charge is 0.495 e. The van der Waals surface area contributed by atoms with Crippen molar-refractivity contribution in [1.82, 2.24) is 9.97 Å². The third kappa shape index (κ3) is 3.39. The first-order valence-corrected chi connectivity index (χ1v) is 8.35. The van der Waals surface area contributed by atoms with Gasteiger partial charge >= 0.3 is 0 Å². The van der Waals surface area contributed by atoms with E-state index < -0.39 is 0 Å². The summed E-state index contributed by atoms with van der Waals surface area (Å²) in [6.07, 6.45) is 3.38. The molecule has 0 radical (unpaired) electrons. The molecule has 0 spiro atoms. The molecule has 2 aromatic heterocycles. The number of aromatic nitrogens is 2. The number of halogens is 1. The number of ether oxygens (including phenoxy) is 1. The maximum absolute atomic E-state index is 12.5. The van der Waals surface area contributed by atoms with Crippen molar-refractivity contribution in [2.75, 3.05) is 12.4 Å². The van der Waals surface area contributed by atoms with Crippen LogP contribution in [-0.4, -0.2) is 23.0 Å². The van der Waals surface area contributed by atoms with Crippen LogP contribution in [-0.2, 0) is 0 Å². The van der Waals surface area contributed by atoms with E-state index in [1.807, 2.05) is 19.1 Å². The first kappa shape index (κ1) is 16.4. The van der Waals surface area contributed by atoms with Crippen LogP contribution in [0, 0.1) is 6.92 Å². The van der Waals surface area contributed by atoms with Crippen molar-refractivity contribution >= 4 is 34.5 Å². The van der Waals surface area contributed by atoms with Crippen molar-refractivity contribution in [3.05, 3.63) is 58.3 Å². The number of anilines is 1. The van der Waals surface area contributed by atoms with E-state index in [4.69, 9.17) is 16.3 Å². The minimum absolute atomic E-state index is 0.299. The van der Waals surface area contributed by atoms with Gasteiger partial charge in [0, 0.05) is 34.4 Å². The Bertz CT molecular complexity index is 881. The molecule has 0 aliphatic rings. The lowest BCUT2D eigenvalue weighted by Gasteiger charge is -2.11. The molecule has 5 nitrogen and oxygen atoms in total. The Morgan fingerprint density at radius 2 is 2.04 bits per heavy atom. The number of hydrogen-bond acceptors (Lipinski definition) is 5. The Morgan fingerprint density at radius 3 is 2.75 bits per heavy atom. The second kappa shape index (κ2) is 6.98. The Kier molecular flexibility index (Phi) is 4.78. The van der Waals surface area contributed by atoms with Crippen LogP contribution < -0.4 is 10.1 Å². The van der Waals surface area contributed by atoms with Crippen molar-refractivity contribution in [1.29, 1.82) is 0 Å². The summed E-state index contributed by atoms with van der Waals surface area (Å²) in [6.45, 7) is 1.86. The number of nitrogens with one attached hydrogen (secondary N) is 1. The number of benzene rings is 1. The molecule has 0 unspecified atom stereocenters. The van der Waals surface area contributed by atoms with E-state index in [2.05, 4.69) is 15.3 Å². The maximum Gasteiger partial charge on any atom is 0.275 e. The number of amides is 1. The van der Waals surface area contributed by atoms with Gasteiger partial charge in [-0.2, -0.15) is 0 Å². The second-order valence-electron chi connectivity index (χ2n) is 5.03. The van der Waals surface area contributed by atoms with Gasteiger partial charge in [0.15, 0.2) is 0 Å². The summed E-state index contributed by atoms with van der Waals surface area (Å²) in [5.41, 5.74) is 2.68. The van der Waals surface area contributed by atoms with Gasteiger partial charge in [-0.25, -0.2) is 4.98 Å². The highest BCUT2D eigenvalue weighted by molar-refractivity contribution is 7.13. The third-order valence-electron chi connectivity index (χ3n) is 3.39. The van der Waals surface area contributed by atoms with Crippen LogP contribution in [0.5, 0.6) is 5.75 Å². The SMILES string of the molecule is COc1cc(Cl)c(C)cc1NC(=O)c1csc(-c2ccncc2)n1. The minimum Gasteiger partial charge on any atom is -0.495 e. The normalized spacial score (nSPS) is 10.5. The van der Waals surface area contributed by atoms with E-state index in [0.29, 0.717) is 22.2 Å². The molecule has 24 heavy (non-hydrogen) atoms. The van der Waals surface area contributed by atoms with Crippen molar-refractivity contribution in [2.24, 2.45) is 0 Å². The van der Waals surface area contributed by atoms with E-state index in [0.717, 1.165) is 16.1 Å². The van der Waals surface area contributed by atoms with Gasteiger partial charge in [-0.3, -0.25) is 9.78 Å². The molecule has 0 fully saturated rings. The molecule has 0 atom stereocenters. The first-order chi connectivity index (χ1) is 11.6. The second-order valence-corrected chi connectivity index (χ2v) is 6.29. The topological polar surface area (TPSA) is 64.1 Å². The van der Waals surface area contributed by atoms with Gasteiger partial charge in [-0.05, 0) is 30.7 Å². The van der Waals surface area contributed by atoms with Crippen LogP contribution in [0.25, 0.3) is 10.6 Å². The van der Waals surface area contributed by atoms with Crippen LogP contribution in [0.1, 0.15) is 16.1 Å². The zero-order valence-electron chi connectivity index (χ0n) is 13.0. The number of hydrogen-bond donors (Lipinski definition) is 1. The van der Waals surface area contributed by atoms with Gasteiger partial charge in [0.25, 0.3) is 5.91 Å². The number of carbonyl (C=O) groups excluding carboxylic acids is 1. The number of thiazole rings is 1. The van der Waals surface area contributed by atoms with Crippen LogP contribution in [0.2, 0.25) is 5.02 Å². The fraction of sp³-hybridized carbons (Fsp3) is 0.118. The average molecular weight is 360 g/mol. The zero-order chi connectivity index (χ0) is 17.1. The minimum atomic E-state index is -0.299. The highest BCUT2D eigenvalue weighted by atomic mass is 35.5. The van der Waals surface area contributed by atoms with E-state index >= 15 is 0 Å². The van der Waals surface area contributed by atoms with Gasteiger partial charge in [0.2, 0.25) is 0 Å². The predicted octanol–water partition coefficient (Wildman–Crippen LogP) is 4.43. The van der Waals surface area contributed by atoms with Gasteiger partial charge in [0.1, 0.15) is 16.5 Å². The monoisotopic (exact) mass is 359 g/mol. The molecule has 1 aromatic carbocycles. The van der Waals surface area contributed by atoms with E-state index in [1.54, 1.807) is 29.9 Å². The average Bonchev–Trinajstić information content (AvgIpc) is 3.09. The van der Waals surface area contributed by atoms with E-state index in [-0.39, 0.29) is 5.91 Å². The summed E-state index contributed by atoms with van der Waals surface area (Å²) in [6, 6.07) is 7.16. The zero-order valence-corrected chi connectivity index (χ0v) is 14.6. The van der Waals surface area contributed by atoms with E-state index in [9.17, 15) is 4.79 Å². The molecule has 7 heteroatoms. The standard InChI is InChI=1S/C17H14ClN3O2S/c1-10-7-13(15(23-2)8-12(10)18)20-16(22)14-9-24-17(21-14)11-3-5-19-6-4-11/h3-9H,1-2H3,(H,20,22). The third-order valence-corrected chi connectivity index (χ3v) is 4.69. The Balaban J connectivity index is 1.84. The molecule has 1 N–H and O–H groups in total. The maximum atomic E-state index is 12.5. The van der Waals surface area contributed by atoms with Crippen LogP contribution in [0.3, 0.4) is 0 Å².